The first-order chi connectivity index (χ1) is 9.56. The lowest BCUT2D eigenvalue weighted by Crippen LogP contribution is -2.30. The van der Waals surface area contributed by atoms with Gasteiger partial charge in [0.15, 0.2) is 0 Å². The van der Waals surface area contributed by atoms with Crippen LogP contribution < -0.4 is 5.32 Å². The van der Waals surface area contributed by atoms with Crippen LogP contribution in [0.4, 0.5) is 0 Å². The summed E-state index contributed by atoms with van der Waals surface area (Å²) < 4.78 is 1.21. The Morgan fingerprint density at radius 1 is 1.25 bits per heavy atom. The quantitative estimate of drug-likeness (QED) is 0.837. The minimum atomic E-state index is 0.354. The molecule has 0 saturated heterocycles. The summed E-state index contributed by atoms with van der Waals surface area (Å²) in [6.07, 6.45) is 0. The molecule has 0 saturated carbocycles. The normalized spacial score (nSPS) is 12.8. The zero-order valence-electron chi connectivity index (χ0n) is 12.2. The summed E-state index contributed by atoms with van der Waals surface area (Å²) in [5, 5.41) is 3.67. The minimum Gasteiger partial charge on any atom is -0.308 e. The van der Waals surface area contributed by atoms with E-state index in [4.69, 9.17) is 0 Å². The number of rotatable bonds is 6. The Balaban J connectivity index is 2.04. The smallest absolute Gasteiger partial charge is 0.0451 e. The molecule has 0 aliphatic rings. The Morgan fingerprint density at radius 3 is 2.50 bits per heavy atom. The summed E-state index contributed by atoms with van der Waals surface area (Å²) in [5.41, 5.74) is 1.34. The van der Waals surface area contributed by atoms with Gasteiger partial charge in [0.25, 0.3) is 0 Å². The number of nitrogens with one attached hydrogen (secondary N) is 1. The highest BCUT2D eigenvalue weighted by Crippen LogP contribution is 2.26. The van der Waals surface area contributed by atoms with Crippen molar-refractivity contribution in [1.29, 1.82) is 0 Å². The largest absolute Gasteiger partial charge is 0.308 e. The second kappa shape index (κ2) is 7.36. The molecule has 1 aromatic carbocycles. The van der Waals surface area contributed by atoms with Gasteiger partial charge in [0.1, 0.15) is 0 Å². The second-order valence-corrected chi connectivity index (χ2v) is 7.42. The second-order valence-electron chi connectivity index (χ2n) is 5.22. The van der Waals surface area contributed by atoms with Crippen LogP contribution in [0.1, 0.15) is 21.4 Å². The average molecular weight is 353 g/mol. The highest BCUT2D eigenvalue weighted by atomic mass is 79.9. The average Bonchev–Trinajstić information content (AvgIpc) is 2.74. The van der Waals surface area contributed by atoms with Crippen LogP contribution >= 0.6 is 27.3 Å². The molecule has 1 heterocycles. The van der Waals surface area contributed by atoms with E-state index in [1.54, 1.807) is 0 Å². The molecule has 1 atom stereocenters. The van der Waals surface area contributed by atoms with Gasteiger partial charge in [0, 0.05) is 33.4 Å². The van der Waals surface area contributed by atoms with Crippen molar-refractivity contribution in [2.45, 2.75) is 19.5 Å². The molecule has 20 heavy (non-hydrogen) atoms. The number of hydrogen-bond acceptors (Lipinski definition) is 3. The van der Waals surface area contributed by atoms with Crippen LogP contribution in [0.3, 0.4) is 0 Å². The van der Waals surface area contributed by atoms with Gasteiger partial charge in [-0.2, -0.15) is 0 Å². The van der Waals surface area contributed by atoms with E-state index in [0.29, 0.717) is 6.04 Å². The van der Waals surface area contributed by atoms with Crippen molar-refractivity contribution in [1.82, 2.24) is 10.2 Å². The maximum atomic E-state index is 3.67. The van der Waals surface area contributed by atoms with Gasteiger partial charge in [-0.15, -0.1) is 11.3 Å². The number of nitrogens with zero attached hydrogens (tertiary/aromatic N) is 1. The number of thiophene rings is 1. The van der Waals surface area contributed by atoms with Crippen molar-refractivity contribution in [3.8, 4) is 0 Å². The Hall–Kier alpha value is -0.680. The summed E-state index contributed by atoms with van der Waals surface area (Å²) in [5.74, 6) is 0. The summed E-state index contributed by atoms with van der Waals surface area (Å²) in [6, 6.07) is 13.2. The lowest BCUT2D eigenvalue weighted by atomic mass is 10.1. The molecular formula is C16H21BrN2S. The zero-order chi connectivity index (χ0) is 14.5. The first kappa shape index (κ1) is 15.7. The molecule has 2 aromatic rings. The Kier molecular flexibility index (Phi) is 5.78. The SMILES string of the molecule is Cc1sc(CNC(CN(C)C)c2ccccc2)cc1Br. The van der Waals surface area contributed by atoms with Gasteiger partial charge in [0.05, 0.1) is 0 Å². The molecule has 2 nitrogen and oxygen atoms in total. The van der Waals surface area contributed by atoms with Gasteiger partial charge in [-0.25, -0.2) is 0 Å². The van der Waals surface area contributed by atoms with Gasteiger partial charge in [0.2, 0.25) is 0 Å². The molecule has 108 valence electrons. The highest BCUT2D eigenvalue weighted by Gasteiger charge is 2.12. The van der Waals surface area contributed by atoms with Crippen LogP contribution in [-0.4, -0.2) is 25.5 Å². The number of benzene rings is 1. The van der Waals surface area contributed by atoms with Crippen molar-refractivity contribution in [2.24, 2.45) is 0 Å². The van der Waals surface area contributed by atoms with E-state index in [2.05, 4.69) is 83.6 Å². The summed E-state index contributed by atoms with van der Waals surface area (Å²) in [6.45, 7) is 4.05. The van der Waals surface area contributed by atoms with E-state index < -0.39 is 0 Å². The van der Waals surface area contributed by atoms with E-state index in [0.717, 1.165) is 13.1 Å². The molecule has 0 bridgehead atoms. The number of halogens is 1. The number of aryl methyl sites for hydroxylation is 1. The fourth-order valence-corrected chi connectivity index (χ4v) is 3.72. The van der Waals surface area contributed by atoms with Crippen molar-refractivity contribution in [3.05, 3.63) is 56.2 Å². The monoisotopic (exact) mass is 352 g/mol. The Morgan fingerprint density at radius 2 is 1.95 bits per heavy atom. The van der Waals surface area contributed by atoms with Crippen LogP contribution in [0, 0.1) is 6.92 Å². The van der Waals surface area contributed by atoms with Crippen LogP contribution in [-0.2, 0) is 6.54 Å². The lowest BCUT2D eigenvalue weighted by Gasteiger charge is -2.22. The van der Waals surface area contributed by atoms with Crippen molar-refractivity contribution < 1.29 is 0 Å². The fourth-order valence-electron chi connectivity index (χ4n) is 2.17. The van der Waals surface area contributed by atoms with Crippen molar-refractivity contribution >= 4 is 27.3 Å². The maximum absolute atomic E-state index is 3.67. The predicted octanol–water partition coefficient (Wildman–Crippen LogP) is 4.21. The summed E-state index contributed by atoms with van der Waals surface area (Å²) in [7, 11) is 4.23. The molecule has 0 radical (unpaired) electrons. The molecule has 0 fully saturated rings. The molecule has 0 aliphatic carbocycles. The van der Waals surface area contributed by atoms with E-state index in [1.165, 1.54) is 19.8 Å². The number of likely N-dealkylation sites (N-methyl/N-ethyl adjacent to an activating group) is 1. The maximum Gasteiger partial charge on any atom is 0.0451 e. The molecule has 0 amide bonds. The molecule has 1 unspecified atom stereocenters. The highest BCUT2D eigenvalue weighted by molar-refractivity contribution is 9.10. The molecule has 0 aliphatic heterocycles. The topological polar surface area (TPSA) is 15.3 Å². The molecule has 1 aromatic heterocycles. The Labute approximate surface area is 133 Å². The van der Waals surface area contributed by atoms with Crippen LogP contribution in [0.2, 0.25) is 0 Å². The summed E-state index contributed by atoms with van der Waals surface area (Å²) >= 11 is 5.43. The van der Waals surface area contributed by atoms with E-state index >= 15 is 0 Å². The van der Waals surface area contributed by atoms with Gasteiger partial charge >= 0.3 is 0 Å². The van der Waals surface area contributed by atoms with Gasteiger partial charge in [-0.05, 0) is 48.6 Å². The van der Waals surface area contributed by atoms with Crippen molar-refractivity contribution in [3.63, 3.8) is 0 Å². The Bertz CT molecular complexity index is 517. The van der Waals surface area contributed by atoms with E-state index in [1.807, 2.05) is 11.3 Å². The molecule has 1 N–H and O–H groups in total. The van der Waals surface area contributed by atoms with E-state index in [9.17, 15) is 0 Å². The standard InChI is InChI=1S/C16H21BrN2S/c1-12-15(17)9-14(20-12)10-18-16(11-19(2)3)13-7-5-4-6-8-13/h4-9,16,18H,10-11H2,1-3H3. The molecule has 4 heteroatoms. The molecule has 0 spiro atoms. The van der Waals surface area contributed by atoms with Crippen LogP contribution in [0.15, 0.2) is 40.9 Å². The van der Waals surface area contributed by atoms with Gasteiger partial charge in [-0.1, -0.05) is 30.3 Å². The van der Waals surface area contributed by atoms with Crippen LogP contribution in [0.25, 0.3) is 0 Å². The van der Waals surface area contributed by atoms with Crippen LogP contribution in [0.5, 0.6) is 0 Å². The zero-order valence-corrected chi connectivity index (χ0v) is 14.6. The molecular weight excluding hydrogens is 332 g/mol. The van der Waals surface area contributed by atoms with E-state index in [-0.39, 0.29) is 0 Å². The minimum absolute atomic E-state index is 0.354. The van der Waals surface area contributed by atoms with Gasteiger partial charge in [-0.3, -0.25) is 0 Å². The number of hydrogen-bond donors (Lipinski definition) is 1. The third-order valence-electron chi connectivity index (χ3n) is 3.18. The lowest BCUT2D eigenvalue weighted by molar-refractivity contribution is 0.341. The predicted molar refractivity (Wildman–Crippen MR) is 91.3 cm³/mol. The van der Waals surface area contributed by atoms with Gasteiger partial charge < -0.3 is 10.2 Å². The third-order valence-corrected chi connectivity index (χ3v) is 5.32. The first-order valence-corrected chi connectivity index (χ1v) is 8.35. The first-order valence-electron chi connectivity index (χ1n) is 6.74. The fraction of sp³-hybridized carbons (Fsp3) is 0.375. The van der Waals surface area contributed by atoms with Crippen molar-refractivity contribution in [2.75, 3.05) is 20.6 Å². The third kappa shape index (κ3) is 4.42. The summed E-state index contributed by atoms with van der Waals surface area (Å²) in [4.78, 5) is 4.93. The molecule has 2 rings (SSSR count).